The fourth-order valence-corrected chi connectivity index (χ4v) is 2.23. The van der Waals surface area contributed by atoms with Crippen molar-refractivity contribution in [3.63, 3.8) is 0 Å². The highest BCUT2D eigenvalue weighted by molar-refractivity contribution is 5.98. The van der Waals surface area contributed by atoms with Gasteiger partial charge in [-0.25, -0.2) is 0 Å². The van der Waals surface area contributed by atoms with Gasteiger partial charge in [0, 0.05) is 24.0 Å². The molecule has 2 aromatic carbocycles. The highest BCUT2D eigenvalue weighted by Gasteiger charge is 2.12. The van der Waals surface area contributed by atoms with Gasteiger partial charge in [0.05, 0.1) is 0 Å². The molecule has 0 amide bonds. The minimum atomic E-state index is -0.563. The maximum Gasteiger partial charge on any atom is 0.306 e. The molecule has 0 heterocycles. The van der Waals surface area contributed by atoms with Crippen LogP contribution in [0.1, 0.15) is 40.0 Å². The van der Waals surface area contributed by atoms with Gasteiger partial charge in [0.1, 0.15) is 0 Å². The summed E-state index contributed by atoms with van der Waals surface area (Å²) in [7, 11) is 0. The molecule has 0 saturated heterocycles. The van der Waals surface area contributed by atoms with Gasteiger partial charge in [-0.1, -0.05) is 60.7 Å². The number of esters is 2. The largest absolute Gasteiger partial charge is 0.457 e. The number of rotatable bonds is 10. The summed E-state index contributed by atoms with van der Waals surface area (Å²) in [5.74, 6) is -1.70. The van der Waals surface area contributed by atoms with Crippen molar-refractivity contribution in [1.29, 1.82) is 0 Å². The van der Waals surface area contributed by atoms with Gasteiger partial charge in [-0.15, -0.1) is 0 Å². The molecular weight excluding hydrogens is 348 g/mol. The molecule has 0 aromatic heterocycles. The van der Waals surface area contributed by atoms with Gasteiger partial charge in [-0.2, -0.15) is 0 Å². The fraction of sp³-hybridized carbons (Fsp3) is 0.238. The third-order valence-electron chi connectivity index (χ3n) is 3.68. The number of carbonyl (C=O) groups is 4. The highest BCUT2D eigenvalue weighted by atomic mass is 16.5. The molecule has 0 N–H and O–H groups in total. The predicted molar refractivity (Wildman–Crippen MR) is 97.3 cm³/mol. The van der Waals surface area contributed by atoms with Gasteiger partial charge < -0.3 is 9.47 Å². The molecule has 0 aliphatic carbocycles. The molecule has 0 atom stereocenters. The Morgan fingerprint density at radius 1 is 0.593 bits per heavy atom. The van der Waals surface area contributed by atoms with Gasteiger partial charge in [0.25, 0.3) is 0 Å². The first-order chi connectivity index (χ1) is 13.1. The Morgan fingerprint density at radius 3 is 1.33 bits per heavy atom. The van der Waals surface area contributed by atoms with E-state index in [-0.39, 0.29) is 44.0 Å². The normalized spacial score (nSPS) is 10.1. The molecule has 0 radical (unpaired) electrons. The van der Waals surface area contributed by atoms with E-state index in [9.17, 15) is 19.2 Å². The number of carbonyl (C=O) groups excluding carboxylic acids is 4. The van der Waals surface area contributed by atoms with Crippen LogP contribution in [0.3, 0.4) is 0 Å². The van der Waals surface area contributed by atoms with Crippen LogP contribution in [-0.2, 0) is 19.1 Å². The van der Waals surface area contributed by atoms with Crippen molar-refractivity contribution in [3.8, 4) is 0 Å². The van der Waals surface area contributed by atoms with E-state index in [2.05, 4.69) is 0 Å². The van der Waals surface area contributed by atoms with Crippen molar-refractivity contribution in [2.24, 2.45) is 0 Å². The molecule has 0 aliphatic rings. The Labute approximate surface area is 157 Å². The molecule has 0 aliphatic heterocycles. The summed E-state index contributed by atoms with van der Waals surface area (Å²) in [6.07, 6.45) is 0.199. The third-order valence-corrected chi connectivity index (χ3v) is 3.68. The Bertz CT molecular complexity index is 715. The second-order valence-electron chi connectivity index (χ2n) is 5.75. The van der Waals surface area contributed by atoms with Crippen LogP contribution in [0.4, 0.5) is 0 Å². The lowest BCUT2D eigenvalue weighted by Crippen LogP contribution is -2.16. The topological polar surface area (TPSA) is 86.7 Å². The van der Waals surface area contributed by atoms with Crippen molar-refractivity contribution in [2.75, 3.05) is 13.2 Å². The molecule has 0 spiro atoms. The van der Waals surface area contributed by atoms with Gasteiger partial charge in [-0.3, -0.25) is 19.2 Å². The maximum atomic E-state index is 11.8. The SMILES string of the molecule is O=C(CCCC(=O)OCC(=O)c1ccccc1)OCC(=O)c1ccccc1. The standard InChI is InChI=1S/C21H20O6/c22-18(16-8-3-1-4-9-16)14-26-20(24)12-7-13-21(25)27-15-19(23)17-10-5-2-6-11-17/h1-6,8-11H,7,12-15H2. The van der Waals surface area contributed by atoms with E-state index in [0.29, 0.717) is 11.1 Å². The number of Topliss-reactive ketones (excluding diaryl/α,β-unsaturated/α-hetero) is 2. The van der Waals surface area contributed by atoms with Gasteiger partial charge in [0.2, 0.25) is 0 Å². The van der Waals surface area contributed by atoms with E-state index < -0.39 is 11.9 Å². The molecule has 0 fully saturated rings. The van der Waals surface area contributed by atoms with Crippen LogP contribution >= 0.6 is 0 Å². The van der Waals surface area contributed by atoms with E-state index >= 15 is 0 Å². The first-order valence-electron chi connectivity index (χ1n) is 8.54. The van der Waals surface area contributed by atoms with Crippen LogP contribution in [-0.4, -0.2) is 36.7 Å². The summed E-state index contributed by atoms with van der Waals surface area (Å²) in [4.78, 5) is 46.9. The minimum Gasteiger partial charge on any atom is -0.457 e. The first-order valence-corrected chi connectivity index (χ1v) is 8.54. The molecule has 2 aromatic rings. The predicted octanol–water partition coefficient (Wildman–Crippen LogP) is 3.01. The highest BCUT2D eigenvalue weighted by Crippen LogP contribution is 2.05. The second-order valence-corrected chi connectivity index (χ2v) is 5.75. The van der Waals surface area contributed by atoms with Crippen LogP contribution in [0.5, 0.6) is 0 Å². The molecule has 2 rings (SSSR count). The lowest BCUT2D eigenvalue weighted by Gasteiger charge is -2.05. The Balaban J connectivity index is 1.59. The van der Waals surface area contributed by atoms with Crippen LogP contribution in [0.2, 0.25) is 0 Å². The average molecular weight is 368 g/mol. The van der Waals surface area contributed by atoms with E-state index in [1.54, 1.807) is 60.7 Å². The summed E-state index contributed by atoms with van der Waals surface area (Å²) >= 11 is 0. The number of benzene rings is 2. The van der Waals surface area contributed by atoms with Crippen molar-refractivity contribution >= 4 is 23.5 Å². The summed E-state index contributed by atoms with van der Waals surface area (Å²) in [6.45, 7) is -0.669. The fourth-order valence-electron chi connectivity index (χ4n) is 2.23. The van der Waals surface area contributed by atoms with E-state index in [1.807, 2.05) is 0 Å². The van der Waals surface area contributed by atoms with Gasteiger partial charge in [-0.05, 0) is 6.42 Å². The summed E-state index contributed by atoms with van der Waals surface area (Å²) < 4.78 is 9.80. The Hall–Kier alpha value is -3.28. The van der Waals surface area contributed by atoms with Crippen LogP contribution in [0.15, 0.2) is 60.7 Å². The molecular formula is C21H20O6. The second kappa shape index (κ2) is 10.7. The lowest BCUT2D eigenvalue weighted by atomic mass is 10.1. The number of hydrogen-bond acceptors (Lipinski definition) is 6. The summed E-state index contributed by atoms with van der Waals surface area (Å²) in [5.41, 5.74) is 0.939. The Kier molecular flexibility index (Phi) is 7.91. The van der Waals surface area contributed by atoms with Crippen molar-refractivity contribution in [3.05, 3.63) is 71.8 Å². The number of ketones is 2. The minimum absolute atomic E-state index is 0.0101. The maximum absolute atomic E-state index is 11.8. The van der Waals surface area contributed by atoms with E-state index in [4.69, 9.17) is 9.47 Å². The number of hydrogen-bond donors (Lipinski definition) is 0. The Morgan fingerprint density at radius 2 is 0.963 bits per heavy atom. The van der Waals surface area contributed by atoms with E-state index in [1.165, 1.54) is 0 Å². The molecule has 0 unspecified atom stereocenters. The van der Waals surface area contributed by atoms with Crippen molar-refractivity contribution < 1.29 is 28.7 Å². The first kappa shape index (κ1) is 20.0. The van der Waals surface area contributed by atoms with E-state index in [0.717, 1.165) is 0 Å². The summed E-state index contributed by atoms with van der Waals surface area (Å²) in [6, 6.07) is 17.0. The average Bonchev–Trinajstić information content (AvgIpc) is 2.71. The molecule has 6 heteroatoms. The smallest absolute Gasteiger partial charge is 0.306 e. The van der Waals surface area contributed by atoms with Crippen LogP contribution in [0.25, 0.3) is 0 Å². The zero-order chi connectivity index (χ0) is 19.5. The zero-order valence-corrected chi connectivity index (χ0v) is 14.8. The monoisotopic (exact) mass is 368 g/mol. The molecule has 0 bridgehead atoms. The summed E-state index contributed by atoms with van der Waals surface area (Å²) in [5, 5.41) is 0. The molecule has 140 valence electrons. The van der Waals surface area contributed by atoms with Gasteiger partial charge >= 0.3 is 11.9 Å². The quantitative estimate of drug-likeness (QED) is 0.473. The van der Waals surface area contributed by atoms with Crippen molar-refractivity contribution in [1.82, 2.24) is 0 Å². The third kappa shape index (κ3) is 7.23. The van der Waals surface area contributed by atoms with Crippen LogP contribution < -0.4 is 0 Å². The molecule has 6 nitrogen and oxygen atoms in total. The van der Waals surface area contributed by atoms with Crippen LogP contribution in [0, 0.1) is 0 Å². The molecule has 0 saturated carbocycles. The van der Waals surface area contributed by atoms with Gasteiger partial charge in [0.15, 0.2) is 24.8 Å². The number of ether oxygens (including phenoxy) is 2. The molecule has 27 heavy (non-hydrogen) atoms. The lowest BCUT2D eigenvalue weighted by molar-refractivity contribution is -0.144. The zero-order valence-electron chi connectivity index (χ0n) is 14.8. The van der Waals surface area contributed by atoms with Crippen molar-refractivity contribution in [2.45, 2.75) is 19.3 Å².